The first kappa shape index (κ1) is 20.6. The predicted octanol–water partition coefficient (Wildman–Crippen LogP) is 2.82. The Hall–Kier alpha value is -1.71. The average molecular weight is 400 g/mol. The maximum Gasteiger partial charge on any atom is 0.355 e. The molecule has 9 heteroatoms. The highest BCUT2D eigenvalue weighted by Crippen LogP contribution is 2.19. The molecule has 0 aromatic carbocycles. The molecule has 0 unspecified atom stereocenters. The van der Waals surface area contributed by atoms with Crippen molar-refractivity contribution in [1.82, 2.24) is 13.9 Å². The van der Waals surface area contributed by atoms with Crippen LogP contribution in [0.4, 0.5) is 0 Å². The maximum atomic E-state index is 12.6. The first-order chi connectivity index (χ1) is 12.3. The number of nitrogens with zero attached hydrogens (tertiary/aromatic N) is 3. The topological polar surface area (TPSA) is 81.5 Å². The van der Waals surface area contributed by atoms with E-state index in [-0.39, 0.29) is 17.2 Å². The molecule has 0 amide bonds. The molecule has 0 aliphatic heterocycles. The molecule has 2 heterocycles. The van der Waals surface area contributed by atoms with Crippen LogP contribution in [0.2, 0.25) is 0 Å². The Labute approximate surface area is 158 Å². The summed E-state index contributed by atoms with van der Waals surface area (Å²) in [7, 11) is -1.99. The van der Waals surface area contributed by atoms with Gasteiger partial charge >= 0.3 is 5.97 Å². The molecule has 0 bridgehead atoms. The number of rotatable bonds is 9. The standard InChI is InChI=1S/C17H25N3O4S2/c1-5-8-16-18-13(12-25-16)11-24-17(21)15-9-14(10-19(15)4)26(22,23)20(6-2)7-3/h9-10,12H,5-8,11H2,1-4H3. The first-order valence-electron chi connectivity index (χ1n) is 8.60. The zero-order chi connectivity index (χ0) is 19.3. The number of esters is 1. The number of carbonyl (C=O) groups is 1. The van der Waals surface area contributed by atoms with Crippen molar-refractivity contribution in [3.63, 3.8) is 0 Å². The van der Waals surface area contributed by atoms with Gasteiger partial charge in [-0.2, -0.15) is 4.31 Å². The summed E-state index contributed by atoms with van der Waals surface area (Å²) < 4.78 is 33.3. The van der Waals surface area contributed by atoms with Gasteiger partial charge in [0.1, 0.15) is 17.2 Å². The van der Waals surface area contributed by atoms with Crippen molar-refractivity contribution in [3.05, 3.63) is 34.0 Å². The highest BCUT2D eigenvalue weighted by molar-refractivity contribution is 7.89. The minimum Gasteiger partial charge on any atom is -0.454 e. The second-order valence-electron chi connectivity index (χ2n) is 5.82. The van der Waals surface area contributed by atoms with Gasteiger partial charge < -0.3 is 9.30 Å². The average Bonchev–Trinajstić information content (AvgIpc) is 3.21. The van der Waals surface area contributed by atoms with Gasteiger partial charge in [0, 0.05) is 31.7 Å². The van der Waals surface area contributed by atoms with E-state index < -0.39 is 16.0 Å². The highest BCUT2D eigenvalue weighted by atomic mass is 32.2. The third-order valence-electron chi connectivity index (χ3n) is 3.95. The van der Waals surface area contributed by atoms with Gasteiger partial charge in [0.2, 0.25) is 10.0 Å². The van der Waals surface area contributed by atoms with Crippen LogP contribution in [0.3, 0.4) is 0 Å². The molecule has 7 nitrogen and oxygen atoms in total. The number of carbonyl (C=O) groups excluding carboxylic acids is 1. The quantitative estimate of drug-likeness (QED) is 0.606. The minimum absolute atomic E-state index is 0.0718. The second-order valence-corrected chi connectivity index (χ2v) is 8.70. The lowest BCUT2D eigenvalue weighted by molar-refractivity contribution is 0.0457. The SMILES string of the molecule is CCCc1nc(COC(=O)c2cc(S(=O)(=O)N(CC)CC)cn2C)cs1. The lowest BCUT2D eigenvalue weighted by atomic mass is 10.3. The van der Waals surface area contributed by atoms with Crippen molar-refractivity contribution in [2.75, 3.05) is 13.1 Å². The highest BCUT2D eigenvalue weighted by Gasteiger charge is 2.25. The van der Waals surface area contributed by atoms with Crippen molar-refractivity contribution >= 4 is 27.3 Å². The van der Waals surface area contributed by atoms with Crippen molar-refractivity contribution in [3.8, 4) is 0 Å². The van der Waals surface area contributed by atoms with Gasteiger partial charge in [-0.05, 0) is 18.9 Å². The monoisotopic (exact) mass is 399 g/mol. The Morgan fingerprint density at radius 3 is 2.62 bits per heavy atom. The van der Waals surface area contributed by atoms with Crippen LogP contribution in [0.15, 0.2) is 22.5 Å². The van der Waals surface area contributed by atoms with Crippen molar-refractivity contribution < 1.29 is 17.9 Å². The van der Waals surface area contributed by atoms with Crippen LogP contribution in [-0.2, 0) is 34.8 Å². The lowest BCUT2D eigenvalue weighted by Crippen LogP contribution is -2.30. The molecule has 26 heavy (non-hydrogen) atoms. The summed E-state index contributed by atoms with van der Waals surface area (Å²) in [6, 6.07) is 1.36. The van der Waals surface area contributed by atoms with E-state index in [1.54, 1.807) is 32.2 Å². The number of aromatic nitrogens is 2. The number of sulfonamides is 1. The number of hydrogen-bond donors (Lipinski definition) is 0. The molecule has 0 N–H and O–H groups in total. The Bertz CT molecular complexity index is 851. The van der Waals surface area contributed by atoms with Crippen molar-refractivity contribution in [2.45, 2.75) is 45.1 Å². The lowest BCUT2D eigenvalue weighted by Gasteiger charge is -2.17. The second kappa shape index (κ2) is 8.79. The fourth-order valence-corrected chi connectivity index (χ4v) is 4.96. The van der Waals surface area contributed by atoms with Gasteiger partial charge in [0.25, 0.3) is 0 Å². The molecule has 0 aliphatic carbocycles. The molecule has 2 aromatic rings. The third kappa shape index (κ3) is 4.52. The summed E-state index contributed by atoms with van der Waals surface area (Å²) in [6.07, 6.45) is 3.36. The van der Waals surface area contributed by atoms with Gasteiger partial charge in [0.15, 0.2) is 0 Å². The molecule has 2 aromatic heterocycles. The van der Waals surface area contributed by atoms with Gasteiger partial charge in [-0.25, -0.2) is 18.2 Å². The zero-order valence-corrected chi connectivity index (χ0v) is 17.2. The number of hydrogen-bond acceptors (Lipinski definition) is 6. The summed E-state index contributed by atoms with van der Waals surface area (Å²) >= 11 is 1.55. The van der Waals surface area contributed by atoms with E-state index in [9.17, 15) is 13.2 Å². The third-order valence-corrected chi connectivity index (χ3v) is 6.92. The van der Waals surface area contributed by atoms with Crippen LogP contribution in [-0.4, -0.2) is 41.3 Å². The minimum atomic E-state index is -3.61. The molecule has 0 radical (unpaired) electrons. The molecule has 0 saturated carbocycles. The summed E-state index contributed by atoms with van der Waals surface area (Å²) in [5.74, 6) is -0.571. The Morgan fingerprint density at radius 2 is 2.00 bits per heavy atom. The smallest absolute Gasteiger partial charge is 0.355 e. The summed E-state index contributed by atoms with van der Waals surface area (Å²) in [5, 5.41) is 2.89. The van der Waals surface area contributed by atoms with Crippen LogP contribution in [0.1, 0.15) is 48.4 Å². The maximum absolute atomic E-state index is 12.6. The molecule has 0 saturated heterocycles. The zero-order valence-electron chi connectivity index (χ0n) is 15.6. The van der Waals surface area contributed by atoms with Crippen molar-refractivity contribution in [2.24, 2.45) is 7.05 Å². The van der Waals surface area contributed by atoms with E-state index in [0.29, 0.717) is 18.8 Å². The molecular formula is C17H25N3O4S2. The molecule has 0 aliphatic rings. The van der Waals surface area contributed by atoms with Crippen LogP contribution < -0.4 is 0 Å². The van der Waals surface area contributed by atoms with Crippen LogP contribution in [0.25, 0.3) is 0 Å². The summed E-state index contributed by atoms with van der Waals surface area (Å²) in [6.45, 7) is 6.46. The van der Waals surface area contributed by atoms with E-state index in [0.717, 1.165) is 17.8 Å². The number of aryl methyl sites for hydroxylation is 2. The van der Waals surface area contributed by atoms with Gasteiger partial charge in [-0.3, -0.25) is 0 Å². The Kier molecular flexibility index (Phi) is 6.96. The van der Waals surface area contributed by atoms with E-state index in [1.807, 2.05) is 5.38 Å². The number of thiazole rings is 1. The Morgan fingerprint density at radius 1 is 1.31 bits per heavy atom. The van der Waals surface area contributed by atoms with Crippen LogP contribution >= 0.6 is 11.3 Å². The Balaban J connectivity index is 2.11. The fraction of sp³-hybridized carbons (Fsp3) is 0.529. The van der Waals surface area contributed by atoms with Gasteiger partial charge in [-0.1, -0.05) is 20.8 Å². The molecule has 0 fully saturated rings. The van der Waals surface area contributed by atoms with Crippen LogP contribution in [0, 0.1) is 0 Å². The summed E-state index contributed by atoms with van der Waals surface area (Å²) in [5.41, 5.74) is 0.900. The molecular weight excluding hydrogens is 374 g/mol. The first-order valence-corrected chi connectivity index (χ1v) is 10.9. The molecule has 2 rings (SSSR count). The van der Waals surface area contributed by atoms with Gasteiger partial charge in [0.05, 0.1) is 10.7 Å². The normalized spacial score (nSPS) is 11.9. The van der Waals surface area contributed by atoms with Crippen molar-refractivity contribution in [1.29, 1.82) is 0 Å². The van der Waals surface area contributed by atoms with Gasteiger partial charge in [-0.15, -0.1) is 11.3 Å². The number of ether oxygens (including phenoxy) is 1. The largest absolute Gasteiger partial charge is 0.454 e. The molecule has 144 valence electrons. The van der Waals surface area contributed by atoms with Crippen LogP contribution in [0.5, 0.6) is 0 Å². The van der Waals surface area contributed by atoms with E-state index >= 15 is 0 Å². The predicted molar refractivity (Wildman–Crippen MR) is 101 cm³/mol. The molecule has 0 atom stereocenters. The summed E-state index contributed by atoms with van der Waals surface area (Å²) in [4.78, 5) is 16.8. The van der Waals surface area contributed by atoms with E-state index in [1.165, 1.54) is 21.1 Å². The molecule has 0 spiro atoms. The van der Waals surface area contributed by atoms with E-state index in [4.69, 9.17) is 4.74 Å². The van der Waals surface area contributed by atoms with E-state index in [2.05, 4.69) is 11.9 Å². The fourth-order valence-electron chi connectivity index (χ4n) is 2.55.